The van der Waals surface area contributed by atoms with Gasteiger partial charge in [-0.15, -0.1) is 0 Å². The Morgan fingerprint density at radius 2 is 1.05 bits per heavy atom. The number of hydrogen-bond donors (Lipinski definition) is 0. The van der Waals surface area contributed by atoms with Gasteiger partial charge >= 0.3 is 0 Å². The van der Waals surface area contributed by atoms with Crippen molar-refractivity contribution in [3.63, 3.8) is 0 Å². The molecule has 0 bridgehead atoms. The highest BCUT2D eigenvalue weighted by Crippen LogP contribution is 2.15. The molecule has 0 atom stereocenters. The van der Waals surface area contributed by atoms with Crippen molar-refractivity contribution in [3.05, 3.63) is 71.8 Å². The molecule has 0 aliphatic heterocycles. The summed E-state index contributed by atoms with van der Waals surface area (Å²) in [6.45, 7) is 0. The van der Waals surface area contributed by atoms with Gasteiger partial charge in [0.1, 0.15) is 5.92 Å². The molecule has 0 saturated carbocycles. The van der Waals surface area contributed by atoms with Crippen LogP contribution in [0.1, 0.15) is 20.7 Å². The minimum Gasteiger partial charge on any atom is -0.549 e. The van der Waals surface area contributed by atoms with Crippen LogP contribution in [-0.2, 0) is 4.79 Å². The average Bonchev–Trinajstić information content (AvgIpc) is 2.48. The Labute approximate surface area is 115 Å². The number of ketones is 2. The minimum atomic E-state index is -1.82. The molecule has 0 N–H and O–H groups in total. The molecule has 0 aliphatic rings. The summed E-state index contributed by atoms with van der Waals surface area (Å²) in [5.74, 6) is -5.04. The largest absolute Gasteiger partial charge is 0.549 e. The highest BCUT2D eigenvalue weighted by Gasteiger charge is 2.29. The maximum atomic E-state index is 12.2. The van der Waals surface area contributed by atoms with E-state index in [1.807, 2.05) is 0 Å². The lowest BCUT2D eigenvalue weighted by Crippen LogP contribution is -2.41. The molecule has 2 aromatic rings. The fourth-order valence-electron chi connectivity index (χ4n) is 1.87. The maximum absolute atomic E-state index is 12.2. The van der Waals surface area contributed by atoms with Crippen LogP contribution in [0.15, 0.2) is 60.7 Å². The zero-order chi connectivity index (χ0) is 14.5. The van der Waals surface area contributed by atoms with Gasteiger partial charge in [-0.05, 0) is 0 Å². The van der Waals surface area contributed by atoms with Gasteiger partial charge in [-0.25, -0.2) is 0 Å². The van der Waals surface area contributed by atoms with Crippen molar-refractivity contribution in [2.24, 2.45) is 5.92 Å². The van der Waals surface area contributed by atoms with Gasteiger partial charge in [0.05, 0.1) is 5.97 Å². The van der Waals surface area contributed by atoms with Crippen LogP contribution in [0.4, 0.5) is 0 Å². The molecular formula is C16H11O4-. The lowest BCUT2D eigenvalue weighted by molar-refractivity contribution is -0.307. The number of carbonyl (C=O) groups is 3. The minimum absolute atomic E-state index is 0.172. The molecule has 0 fully saturated rings. The van der Waals surface area contributed by atoms with Crippen molar-refractivity contribution in [3.8, 4) is 0 Å². The Hall–Kier alpha value is -2.75. The molecule has 0 saturated heterocycles. The summed E-state index contributed by atoms with van der Waals surface area (Å²) in [6, 6.07) is 15.7. The van der Waals surface area contributed by atoms with Gasteiger partial charge in [0.15, 0.2) is 11.6 Å². The molecular weight excluding hydrogens is 256 g/mol. The molecule has 100 valence electrons. The lowest BCUT2D eigenvalue weighted by Gasteiger charge is -2.15. The first kappa shape index (κ1) is 13.7. The molecule has 0 heterocycles. The van der Waals surface area contributed by atoms with Crippen molar-refractivity contribution in [1.82, 2.24) is 0 Å². The van der Waals surface area contributed by atoms with Crippen LogP contribution < -0.4 is 5.11 Å². The van der Waals surface area contributed by atoms with Gasteiger partial charge in [-0.3, -0.25) is 9.59 Å². The molecule has 0 amide bonds. The van der Waals surface area contributed by atoms with Crippen LogP contribution in [0.3, 0.4) is 0 Å². The van der Waals surface area contributed by atoms with Crippen LogP contribution in [0, 0.1) is 5.92 Å². The topological polar surface area (TPSA) is 74.3 Å². The van der Waals surface area contributed by atoms with Gasteiger partial charge < -0.3 is 9.90 Å². The van der Waals surface area contributed by atoms with Crippen LogP contribution >= 0.6 is 0 Å². The van der Waals surface area contributed by atoms with Crippen LogP contribution in [0.2, 0.25) is 0 Å². The number of carbonyl (C=O) groups excluding carboxylic acids is 3. The van der Waals surface area contributed by atoms with E-state index in [2.05, 4.69) is 0 Å². The summed E-state index contributed by atoms with van der Waals surface area (Å²) < 4.78 is 0. The first-order valence-electron chi connectivity index (χ1n) is 6.00. The van der Waals surface area contributed by atoms with E-state index in [1.165, 1.54) is 24.3 Å². The van der Waals surface area contributed by atoms with Crippen molar-refractivity contribution < 1.29 is 19.5 Å². The fraction of sp³-hybridized carbons (Fsp3) is 0.0625. The Kier molecular flexibility index (Phi) is 4.05. The third-order valence-electron chi connectivity index (χ3n) is 2.88. The Bertz CT molecular complexity index is 581. The lowest BCUT2D eigenvalue weighted by atomic mass is 9.90. The molecule has 4 nitrogen and oxygen atoms in total. The highest BCUT2D eigenvalue weighted by molar-refractivity contribution is 6.25. The number of hydrogen-bond acceptors (Lipinski definition) is 4. The second kappa shape index (κ2) is 5.93. The summed E-state index contributed by atoms with van der Waals surface area (Å²) in [5.41, 5.74) is 0.344. The first-order chi connectivity index (χ1) is 9.61. The fourth-order valence-corrected chi connectivity index (χ4v) is 1.87. The van der Waals surface area contributed by atoms with Crippen LogP contribution in [-0.4, -0.2) is 17.5 Å². The number of aliphatic carboxylic acids is 1. The third kappa shape index (κ3) is 2.80. The van der Waals surface area contributed by atoms with Crippen molar-refractivity contribution >= 4 is 17.5 Å². The summed E-state index contributed by atoms with van der Waals surface area (Å²) >= 11 is 0. The zero-order valence-corrected chi connectivity index (χ0v) is 10.5. The van der Waals surface area contributed by atoms with E-state index in [9.17, 15) is 19.5 Å². The Morgan fingerprint density at radius 3 is 1.35 bits per heavy atom. The molecule has 0 aromatic heterocycles. The predicted octanol–water partition coefficient (Wildman–Crippen LogP) is 1.12. The second-order valence-electron chi connectivity index (χ2n) is 4.21. The van der Waals surface area contributed by atoms with Crippen LogP contribution in [0.25, 0.3) is 0 Å². The number of Topliss-reactive ketones (excluding diaryl/α,β-unsaturated/α-hetero) is 2. The first-order valence-corrected chi connectivity index (χ1v) is 6.00. The number of benzene rings is 2. The van der Waals surface area contributed by atoms with Gasteiger partial charge in [-0.2, -0.15) is 0 Å². The van der Waals surface area contributed by atoms with E-state index in [0.717, 1.165) is 0 Å². The van der Waals surface area contributed by atoms with E-state index >= 15 is 0 Å². The van der Waals surface area contributed by atoms with Crippen LogP contribution in [0.5, 0.6) is 0 Å². The monoisotopic (exact) mass is 267 g/mol. The van der Waals surface area contributed by atoms with E-state index in [0.29, 0.717) is 0 Å². The molecule has 4 heteroatoms. The zero-order valence-electron chi connectivity index (χ0n) is 10.5. The molecule has 2 rings (SSSR count). The standard InChI is InChI=1S/C16H12O4/c17-14(11-7-3-1-4-8-11)13(16(19)20)15(18)12-9-5-2-6-10-12/h1-10,13H,(H,19,20)/p-1. The van der Waals surface area contributed by atoms with Gasteiger partial charge in [-0.1, -0.05) is 60.7 Å². The molecule has 0 radical (unpaired) electrons. The van der Waals surface area contributed by atoms with Crippen molar-refractivity contribution in [1.29, 1.82) is 0 Å². The number of rotatable bonds is 5. The quantitative estimate of drug-likeness (QED) is 0.601. The summed E-state index contributed by atoms with van der Waals surface area (Å²) in [5, 5.41) is 11.2. The van der Waals surface area contributed by atoms with Crippen molar-refractivity contribution in [2.45, 2.75) is 0 Å². The maximum Gasteiger partial charge on any atom is 0.179 e. The van der Waals surface area contributed by atoms with E-state index in [4.69, 9.17) is 0 Å². The molecule has 2 aromatic carbocycles. The summed E-state index contributed by atoms with van der Waals surface area (Å²) in [6.07, 6.45) is 0. The SMILES string of the molecule is O=C([O-])C(C(=O)c1ccccc1)C(=O)c1ccccc1. The van der Waals surface area contributed by atoms with Gasteiger partial charge in [0, 0.05) is 11.1 Å². The summed E-state index contributed by atoms with van der Waals surface area (Å²) in [7, 11) is 0. The molecule has 20 heavy (non-hydrogen) atoms. The number of carboxylic acid groups (broad SMARTS) is 1. The smallest absolute Gasteiger partial charge is 0.179 e. The predicted molar refractivity (Wildman–Crippen MR) is 70.0 cm³/mol. The van der Waals surface area contributed by atoms with E-state index < -0.39 is 23.5 Å². The number of carboxylic acids is 1. The highest BCUT2D eigenvalue weighted by atomic mass is 16.4. The van der Waals surface area contributed by atoms with Crippen molar-refractivity contribution in [2.75, 3.05) is 0 Å². The van der Waals surface area contributed by atoms with Gasteiger partial charge in [0.25, 0.3) is 0 Å². The normalized spacial score (nSPS) is 10.2. The molecule has 0 unspecified atom stereocenters. The average molecular weight is 267 g/mol. The Morgan fingerprint density at radius 1 is 0.700 bits per heavy atom. The Balaban J connectivity index is 2.36. The summed E-state index contributed by atoms with van der Waals surface area (Å²) in [4.78, 5) is 35.5. The molecule has 0 spiro atoms. The van der Waals surface area contributed by atoms with E-state index in [1.54, 1.807) is 36.4 Å². The van der Waals surface area contributed by atoms with Gasteiger partial charge in [0.2, 0.25) is 0 Å². The third-order valence-corrected chi connectivity index (χ3v) is 2.88. The molecule has 0 aliphatic carbocycles. The van der Waals surface area contributed by atoms with E-state index in [-0.39, 0.29) is 11.1 Å². The second-order valence-corrected chi connectivity index (χ2v) is 4.21.